The van der Waals surface area contributed by atoms with E-state index in [-0.39, 0.29) is 0 Å². The molecular formula is C28H28F3NO4. The maximum Gasteiger partial charge on any atom is 0.416 e. The van der Waals surface area contributed by atoms with Gasteiger partial charge in [-0.25, -0.2) is 0 Å². The Kier molecular flexibility index (Phi) is 7.84. The van der Waals surface area contributed by atoms with Crippen LogP contribution in [-0.4, -0.2) is 35.2 Å². The van der Waals surface area contributed by atoms with Crippen molar-refractivity contribution < 1.29 is 32.5 Å². The lowest BCUT2D eigenvalue weighted by Crippen LogP contribution is -2.39. The van der Waals surface area contributed by atoms with Crippen LogP contribution < -0.4 is 9.47 Å². The van der Waals surface area contributed by atoms with Gasteiger partial charge in [0.1, 0.15) is 12.6 Å². The Bertz CT molecular complexity index is 1180. The minimum absolute atomic E-state index is 0.324. The first kappa shape index (κ1) is 25.6. The van der Waals surface area contributed by atoms with E-state index >= 15 is 0 Å². The second-order valence-electron chi connectivity index (χ2n) is 8.67. The van der Waals surface area contributed by atoms with E-state index in [0.29, 0.717) is 55.2 Å². The van der Waals surface area contributed by atoms with Crippen LogP contribution in [0.3, 0.4) is 0 Å². The number of carboxylic acids is 1. The number of likely N-dealkylation sites (tertiary alicyclic amines) is 1. The van der Waals surface area contributed by atoms with E-state index < -0.39 is 29.8 Å². The fraction of sp³-hybridized carbons (Fsp3) is 0.321. The monoisotopic (exact) mass is 499 g/mol. The molecule has 36 heavy (non-hydrogen) atoms. The Morgan fingerprint density at radius 3 is 2.44 bits per heavy atom. The molecule has 1 saturated heterocycles. The number of hydrogen-bond donors (Lipinski definition) is 1. The molecule has 0 saturated carbocycles. The largest absolute Gasteiger partial charge is 0.490 e. The van der Waals surface area contributed by atoms with Gasteiger partial charge in [0.25, 0.3) is 0 Å². The van der Waals surface area contributed by atoms with E-state index in [0.717, 1.165) is 17.7 Å². The smallest absolute Gasteiger partial charge is 0.416 e. The van der Waals surface area contributed by atoms with Gasteiger partial charge in [-0.1, -0.05) is 48.5 Å². The molecule has 0 radical (unpaired) electrons. The number of alkyl halides is 3. The molecular weight excluding hydrogens is 471 g/mol. The summed E-state index contributed by atoms with van der Waals surface area (Å²) in [6, 6.07) is 18.5. The van der Waals surface area contributed by atoms with Crippen LogP contribution in [0.4, 0.5) is 13.2 Å². The number of ether oxygens (including phenoxy) is 2. The SMILES string of the molecule is CCOc1cc(C(c2cccc(C(F)(F)F)c2)N2CCCC2C(=O)O)ccc1OCc1ccccc1. The first-order chi connectivity index (χ1) is 17.3. The fourth-order valence-electron chi connectivity index (χ4n) is 4.64. The van der Waals surface area contributed by atoms with Crippen LogP contribution in [0.2, 0.25) is 0 Å². The van der Waals surface area contributed by atoms with Crippen LogP contribution >= 0.6 is 0 Å². The number of benzene rings is 3. The number of halogens is 3. The molecule has 0 amide bonds. The van der Waals surface area contributed by atoms with Crippen LogP contribution in [0.15, 0.2) is 72.8 Å². The summed E-state index contributed by atoms with van der Waals surface area (Å²) in [7, 11) is 0. The Labute approximate surface area is 208 Å². The minimum atomic E-state index is -4.51. The fourth-order valence-corrected chi connectivity index (χ4v) is 4.64. The van der Waals surface area contributed by atoms with Gasteiger partial charge in [0.2, 0.25) is 0 Å². The van der Waals surface area contributed by atoms with E-state index in [2.05, 4.69) is 0 Å². The van der Waals surface area contributed by atoms with E-state index in [1.807, 2.05) is 37.3 Å². The quantitative estimate of drug-likeness (QED) is 0.373. The highest BCUT2D eigenvalue weighted by molar-refractivity contribution is 5.74. The lowest BCUT2D eigenvalue weighted by Gasteiger charge is -2.32. The molecule has 8 heteroatoms. The second kappa shape index (κ2) is 11.0. The van der Waals surface area contributed by atoms with Crippen molar-refractivity contribution in [3.63, 3.8) is 0 Å². The molecule has 1 aliphatic rings. The first-order valence-corrected chi connectivity index (χ1v) is 11.9. The summed E-state index contributed by atoms with van der Waals surface area (Å²) in [5.74, 6) is -0.0326. The molecule has 3 aromatic carbocycles. The number of carbonyl (C=O) groups is 1. The average molecular weight is 500 g/mol. The number of nitrogens with zero attached hydrogens (tertiary/aromatic N) is 1. The first-order valence-electron chi connectivity index (χ1n) is 11.9. The zero-order valence-electron chi connectivity index (χ0n) is 19.9. The van der Waals surface area contributed by atoms with Crippen LogP contribution in [0.1, 0.15) is 48.1 Å². The molecule has 1 heterocycles. The van der Waals surface area contributed by atoms with Crippen LogP contribution in [-0.2, 0) is 17.6 Å². The normalized spacial score (nSPS) is 17.1. The van der Waals surface area contributed by atoms with E-state index in [1.54, 1.807) is 29.2 Å². The van der Waals surface area contributed by atoms with Crippen molar-refractivity contribution in [2.45, 2.75) is 44.6 Å². The summed E-state index contributed by atoms with van der Waals surface area (Å²) in [5, 5.41) is 9.81. The van der Waals surface area contributed by atoms with Crippen molar-refractivity contribution in [1.29, 1.82) is 0 Å². The van der Waals surface area contributed by atoms with Crippen molar-refractivity contribution in [3.8, 4) is 11.5 Å². The van der Waals surface area contributed by atoms with Gasteiger partial charge in [0.05, 0.1) is 18.2 Å². The Morgan fingerprint density at radius 2 is 1.75 bits per heavy atom. The lowest BCUT2D eigenvalue weighted by molar-refractivity contribution is -0.143. The zero-order chi connectivity index (χ0) is 25.7. The van der Waals surface area contributed by atoms with E-state index in [1.165, 1.54) is 6.07 Å². The summed E-state index contributed by atoms with van der Waals surface area (Å²) in [6.07, 6.45) is -3.44. The van der Waals surface area contributed by atoms with Crippen LogP contribution in [0, 0.1) is 0 Å². The summed E-state index contributed by atoms with van der Waals surface area (Å²) in [4.78, 5) is 13.7. The molecule has 0 bridgehead atoms. The predicted octanol–water partition coefficient (Wildman–Crippen LogP) is 6.32. The minimum Gasteiger partial charge on any atom is -0.490 e. The van der Waals surface area contributed by atoms with Gasteiger partial charge in [-0.05, 0) is 60.7 Å². The van der Waals surface area contributed by atoms with Crippen molar-refractivity contribution in [3.05, 3.63) is 95.1 Å². The van der Waals surface area contributed by atoms with E-state index in [9.17, 15) is 23.1 Å². The highest BCUT2D eigenvalue weighted by Crippen LogP contribution is 2.40. The molecule has 4 rings (SSSR count). The van der Waals surface area contributed by atoms with Gasteiger partial charge in [0.15, 0.2) is 11.5 Å². The summed E-state index contributed by atoms with van der Waals surface area (Å²) < 4.78 is 52.4. The van der Waals surface area contributed by atoms with Crippen molar-refractivity contribution in [1.82, 2.24) is 4.90 Å². The third-order valence-corrected chi connectivity index (χ3v) is 6.26. The number of carboxylic acid groups (broad SMARTS) is 1. The molecule has 1 fully saturated rings. The Hall–Kier alpha value is -3.52. The summed E-state index contributed by atoms with van der Waals surface area (Å²) in [6.45, 7) is 2.97. The van der Waals surface area contributed by atoms with Gasteiger partial charge < -0.3 is 14.6 Å². The van der Waals surface area contributed by atoms with Crippen molar-refractivity contribution >= 4 is 5.97 Å². The predicted molar refractivity (Wildman–Crippen MR) is 129 cm³/mol. The van der Waals surface area contributed by atoms with Crippen LogP contribution in [0.25, 0.3) is 0 Å². The molecule has 2 unspecified atom stereocenters. The number of aliphatic carboxylic acids is 1. The molecule has 190 valence electrons. The third-order valence-electron chi connectivity index (χ3n) is 6.26. The van der Waals surface area contributed by atoms with E-state index in [4.69, 9.17) is 9.47 Å². The van der Waals surface area contributed by atoms with Crippen LogP contribution in [0.5, 0.6) is 11.5 Å². The third kappa shape index (κ3) is 5.82. The van der Waals surface area contributed by atoms with Gasteiger partial charge in [-0.3, -0.25) is 9.69 Å². The molecule has 1 N–H and O–H groups in total. The lowest BCUT2D eigenvalue weighted by atomic mass is 9.94. The standard InChI is InChI=1S/C28H28F3NO4/c1-2-35-25-17-21(13-14-24(25)36-18-19-8-4-3-5-9-19)26(32-15-7-12-23(32)27(33)34)20-10-6-11-22(16-20)28(29,30)31/h3-6,8-11,13-14,16-17,23,26H,2,7,12,15,18H2,1H3,(H,33,34). The molecule has 5 nitrogen and oxygen atoms in total. The molecule has 2 atom stereocenters. The van der Waals surface area contributed by atoms with Gasteiger partial charge >= 0.3 is 12.1 Å². The Balaban J connectivity index is 1.74. The second-order valence-corrected chi connectivity index (χ2v) is 8.67. The molecule has 1 aliphatic heterocycles. The van der Waals surface area contributed by atoms with Crippen molar-refractivity contribution in [2.24, 2.45) is 0 Å². The summed E-state index contributed by atoms with van der Waals surface area (Å²) >= 11 is 0. The van der Waals surface area contributed by atoms with Gasteiger partial charge in [-0.2, -0.15) is 13.2 Å². The summed E-state index contributed by atoms with van der Waals surface area (Å²) in [5.41, 5.74) is 1.22. The van der Waals surface area contributed by atoms with Gasteiger partial charge in [0, 0.05) is 6.54 Å². The maximum atomic E-state index is 13.5. The average Bonchev–Trinajstić information content (AvgIpc) is 3.34. The molecule has 0 aromatic heterocycles. The topological polar surface area (TPSA) is 59.0 Å². The van der Waals surface area contributed by atoms with Crippen molar-refractivity contribution in [2.75, 3.05) is 13.2 Å². The zero-order valence-corrected chi connectivity index (χ0v) is 19.9. The Morgan fingerprint density at radius 1 is 1.00 bits per heavy atom. The molecule has 0 spiro atoms. The highest BCUT2D eigenvalue weighted by Gasteiger charge is 2.38. The molecule has 3 aromatic rings. The maximum absolute atomic E-state index is 13.5. The number of rotatable bonds is 9. The van der Waals surface area contributed by atoms with Gasteiger partial charge in [-0.15, -0.1) is 0 Å². The number of hydrogen-bond acceptors (Lipinski definition) is 4. The highest BCUT2D eigenvalue weighted by atomic mass is 19.4. The molecule has 0 aliphatic carbocycles.